The van der Waals surface area contributed by atoms with Crippen molar-refractivity contribution in [2.45, 2.75) is 20.0 Å². The summed E-state index contributed by atoms with van der Waals surface area (Å²) in [4.78, 5) is 3.67. The maximum Gasteiger partial charge on any atom is 0.122 e. The molecule has 0 radical (unpaired) electrons. The van der Waals surface area contributed by atoms with E-state index in [-0.39, 0.29) is 5.84 Å². The van der Waals surface area contributed by atoms with Gasteiger partial charge in [0.25, 0.3) is 0 Å². The summed E-state index contributed by atoms with van der Waals surface area (Å²) in [6.07, 6.45) is 0. The molecule has 1 aromatic heterocycles. The van der Waals surface area contributed by atoms with Crippen LogP contribution in [-0.4, -0.2) is 17.8 Å². The second-order valence-electron chi connectivity index (χ2n) is 4.81. The number of amidine groups is 1. The Kier molecular flexibility index (Phi) is 4.35. The first-order chi connectivity index (χ1) is 9.06. The van der Waals surface area contributed by atoms with Crippen molar-refractivity contribution >= 4 is 17.2 Å². The molecule has 0 aliphatic rings. The van der Waals surface area contributed by atoms with E-state index in [0.717, 1.165) is 18.7 Å². The van der Waals surface area contributed by atoms with Crippen molar-refractivity contribution in [3.8, 4) is 0 Å². The molecule has 0 saturated heterocycles. The molecule has 19 heavy (non-hydrogen) atoms. The zero-order chi connectivity index (χ0) is 13.8. The molecule has 1 heterocycles. The molecule has 0 saturated carbocycles. The van der Waals surface area contributed by atoms with Crippen molar-refractivity contribution in [2.24, 2.45) is 5.73 Å². The lowest BCUT2D eigenvalue weighted by atomic mass is 10.0. The van der Waals surface area contributed by atoms with Crippen LogP contribution in [0, 0.1) is 12.3 Å². The number of hydrogen-bond donors (Lipinski definition) is 2. The first-order valence-corrected chi connectivity index (χ1v) is 7.09. The largest absolute Gasteiger partial charge is 0.384 e. The van der Waals surface area contributed by atoms with Gasteiger partial charge in [0.2, 0.25) is 0 Å². The van der Waals surface area contributed by atoms with Crippen LogP contribution in [0.25, 0.3) is 0 Å². The third-order valence-electron chi connectivity index (χ3n) is 3.10. The molecule has 0 atom stereocenters. The molecule has 0 unspecified atom stereocenters. The third kappa shape index (κ3) is 3.66. The molecule has 0 spiro atoms. The van der Waals surface area contributed by atoms with E-state index < -0.39 is 0 Å². The van der Waals surface area contributed by atoms with Gasteiger partial charge in [0, 0.05) is 23.5 Å². The fraction of sp³-hybridized carbons (Fsp3) is 0.267. The first kappa shape index (κ1) is 13.8. The van der Waals surface area contributed by atoms with E-state index in [1.54, 1.807) is 11.3 Å². The summed E-state index contributed by atoms with van der Waals surface area (Å²) < 4.78 is 0. The lowest BCUT2D eigenvalue weighted by Crippen LogP contribution is -2.18. The average Bonchev–Trinajstić information content (AvgIpc) is 2.84. The normalized spacial score (nSPS) is 10.9. The van der Waals surface area contributed by atoms with Gasteiger partial charge in [-0.1, -0.05) is 18.2 Å². The predicted octanol–water partition coefficient (Wildman–Crippen LogP) is 2.97. The fourth-order valence-corrected chi connectivity index (χ4v) is 2.84. The Labute approximate surface area is 118 Å². The molecule has 2 rings (SSSR count). The summed E-state index contributed by atoms with van der Waals surface area (Å²) in [6.45, 7) is 3.94. The Morgan fingerprint density at radius 1 is 1.32 bits per heavy atom. The number of nitrogens with zero attached hydrogens (tertiary/aromatic N) is 1. The minimum absolute atomic E-state index is 0.126. The van der Waals surface area contributed by atoms with E-state index >= 15 is 0 Å². The second-order valence-corrected chi connectivity index (χ2v) is 5.84. The molecule has 0 amide bonds. The number of benzene rings is 1. The van der Waals surface area contributed by atoms with Crippen molar-refractivity contribution < 1.29 is 0 Å². The van der Waals surface area contributed by atoms with Crippen LogP contribution in [0.15, 0.2) is 35.7 Å². The third-order valence-corrected chi connectivity index (χ3v) is 3.96. The summed E-state index contributed by atoms with van der Waals surface area (Å²) in [5, 5.41) is 9.55. The Morgan fingerprint density at radius 3 is 2.68 bits per heavy atom. The van der Waals surface area contributed by atoms with Crippen LogP contribution in [0.2, 0.25) is 0 Å². The van der Waals surface area contributed by atoms with Gasteiger partial charge in [-0.3, -0.25) is 10.3 Å². The molecular weight excluding hydrogens is 254 g/mol. The van der Waals surface area contributed by atoms with Crippen molar-refractivity contribution in [2.75, 3.05) is 7.05 Å². The number of aryl methyl sites for hydroxylation is 1. The molecule has 1 aromatic carbocycles. The molecule has 0 bridgehead atoms. The molecule has 0 aliphatic carbocycles. The van der Waals surface area contributed by atoms with Crippen molar-refractivity contribution in [3.05, 3.63) is 57.3 Å². The molecule has 3 N–H and O–H groups in total. The Balaban J connectivity index is 2.04. The van der Waals surface area contributed by atoms with E-state index in [0.29, 0.717) is 0 Å². The Bertz CT molecular complexity index is 561. The van der Waals surface area contributed by atoms with Gasteiger partial charge < -0.3 is 5.73 Å². The number of rotatable bonds is 5. The highest BCUT2D eigenvalue weighted by molar-refractivity contribution is 7.09. The van der Waals surface area contributed by atoms with Crippen LogP contribution < -0.4 is 5.73 Å². The van der Waals surface area contributed by atoms with Crippen LogP contribution in [-0.2, 0) is 13.1 Å². The molecule has 0 aliphatic heterocycles. The van der Waals surface area contributed by atoms with Crippen LogP contribution in [0.3, 0.4) is 0 Å². The predicted molar refractivity (Wildman–Crippen MR) is 81.7 cm³/mol. The van der Waals surface area contributed by atoms with Gasteiger partial charge in [0.05, 0.1) is 0 Å². The van der Waals surface area contributed by atoms with Crippen molar-refractivity contribution in [1.29, 1.82) is 5.41 Å². The maximum atomic E-state index is 7.44. The van der Waals surface area contributed by atoms with Crippen LogP contribution >= 0.6 is 11.3 Å². The van der Waals surface area contributed by atoms with Crippen molar-refractivity contribution in [1.82, 2.24) is 4.90 Å². The summed E-state index contributed by atoms with van der Waals surface area (Å²) in [6, 6.07) is 10.2. The minimum atomic E-state index is 0.126. The average molecular weight is 273 g/mol. The van der Waals surface area contributed by atoms with Crippen molar-refractivity contribution in [3.63, 3.8) is 0 Å². The number of thiophene rings is 1. The van der Waals surface area contributed by atoms with E-state index in [1.807, 2.05) is 12.1 Å². The minimum Gasteiger partial charge on any atom is -0.384 e. The quantitative estimate of drug-likeness (QED) is 0.650. The number of hydrogen-bond acceptors (Lipinski definition) is 3. The zero-order valence-electron chi connectivity index (χ0n) is 11.3. The number of nitrogens with one attached hydrogen (secondary N) is 1. The molecule has 0 fully saturated rings. The van der Waals surface area contributed by atoms with E-state index in [4.69, 9.17) is 11.1 Å². The van der Waals surface area contributed by atoms with Gasteiger partial charge in [0.15, 0.2) is 0 Å². The highest BCUT2D eigenvalue weighted by atomic mass is 32.1. The van der Waals surface area contributed by atoms with Gasteiger partial charge in [-0.05, 0) is 42.6 Å². The second kappa shape index (κ2) is 5.99. The van der Waals surface area contributed by atoms with E-state index in [2.05, 4.69) is 42.5 Å². The van der Waals surface area contributed by atoms with Gasteiger partial charge in [0.1, 0.15) is 5.84 Å². The fourth-order valence-electron chi connectivity index (χ4n) is 2.06. The standard InChI is InChI=1S/C15H19N3S/c1-11-8-12(15(16)17)5-6-13(11)9-18(2)10-14-4-3-7-19-14/h3-8H,9-10H2,1-2H3,(H3,16,17). The van der Waals surface area contributed by atoms with Crippen LogP contribution in [0.1, 0.15) is 21.6 Å². The summed E-state index contributed by atoms with van der Waals surface area (Å²) >= 11 is 1.79. The molecule has 100 valence electrons. The van der Waals surface area contributed by atoms with Gasteiger partial charge in [-0.25, -0.2) is 0 Å². The molecule has 4 heteroatoms. The highest BCUT2D eigenvalue weighted by Gasteiger charge is 2.06. The monoisotopic (exact) mass is 273 g/mol. The molecule has 2 aromatic rings. The smallest absolute Gasteiger partial charge is 0.122 e. The lowest BCUT2D eigenvalue weighted by Gasteiger charge is -2.17. The van der Waals surface area contributed by atoms with E-state index in [9.17, 15) is 0 Å². The summed E-state index contributed by atoms with van der Waals surface area (Å²) in [7, 11) is 2.12. The van der Waals surface area contributed by atoms with E-state index in [1.165, 1.54) is 16.0 Å². The van der Waals surface area contributed by atoms with Gasteiger partial charge >= 0.3 is 0 Å². The summed E-state index contributed by atoms with van der Waals surface area (Å²) in [5.74, 6) is 0.126. The topological polar surface area (TPSA) is 53.1 Å². The van der Waals surface area contributed by atoms with Gasteiger partial charge in [-0.15, -0.1) is 11.3 Å². The highest BCUT2D eigenvalue weighted by Crippen LogP contribution is 2.16. The Morgan fingerprint density at radius 2 is 2.11 bits per heavy atom. The Hall–Kier alpha value is -1.65. The number of nitrogen functional groups attached to an aromatic ring is 1. The van der Waals surface area contributed by atoms with Crippen LogP contribution in [0.4, 0.5) is 0 Å². The lowest BCUT2D eigenvalue weighted by molar-refractivity contribution is 0.321. The first-order valence-electron chi connectivity index (χ1n) is 6.21. The zero-order valence-corrected chi connectivity index (χ0v) is 12.1. The van der Waals surface area contributed by atoms with Crippen LogP contribution in [0.5, 0.6) is 0 Å². The molecule has 3 nitrogen and oxygen atoms in total. The summed E-state index contributed by atoms with van der Waals surface area (Å²) in [5.41, 5.74) is 8.76. The maximum absolute atomic E-state index is 7.44. The van der Waals surface area contributed by atoms with Gasteiger partial charge in [-0.2, -0.15) is 0 Å². The number of nitrogens with two attached hydrogens (primary N) is 1. The molecular formula is C15H19N3S. The SMILES string of the molecule is Cc1cc(C(=N)N)ccc1CN(C)Cc1cccs1.